The molecule has 0 unspecified atom stereocenters. The number of rotatable bonds is 3. The molecule has 0 spiro atoms. The van der Waals surface area contributed by atoms with Crippen molar-refractivity contribution in [1.82, 2.24) is 5.32 Å². The predicted octanol–water partition coefficient (Wildman–Crippen LogP) is 3.22. The molecule has 0 bridgehead atoms. The minimum atomic E-state index is 0.366. The Morgan fingerprint density at radius 2 is 2.13 bits per heavy atom. The molecule has 0 saturated heterocycles. The maximum absolute atomic E-state index is 3.79. The van der Waals surface area contributed by atoms with E-state index in [2.05, 4.69) is 54.4 Å². The summed E-state index contributed by atoms with van der Waals surface area (Å²) < 4.78 is 0. The van der Waals surface area contributed by atoms with Crippen LogP contribution in [0.4, 0.5) is 0 Å². The van der Waals surface area contributed by atoms with Gasteiger partial charge in [0, 0.05) is 6.04 Å². The van der Waals surface area contributed by atoms with Crippen LogP contribution in [0.25, 0.3) is 0 Å². The predicted molar refractivity (Wildman–Crippen MR) is 64.7 cm³/mol. The molecule has 2 rings (SSSR count). The lowest BCUT2D eigenvalue weighted by atomic mass is 9.98. The molecule has 0 aromatic heterocycles. The first kappa shape index (κ1) is 10.2. The quantitative estimate of drug-likeness (QED) is 0.737. The van der Waals surface area contributed by atoms with E-state index in [-0.39, 0.29) is 0 Å². The van der Waals surface area contributed by atoms with Gasteiger partial charge in [-0.2, -0.15) is 0 Å². The van der Waals surface area contributed by atoms with Crippen LogP contribution in [0.1, 0.15) is 24.4 Å². The molecular formula is C14H17N. The Bertz CT molecular complexity index is 340. The van der Waals surface area contributed by atoms with Crippen molar-refractivity contribution in [2.24, 2.45) is 0 Å². The van der Waals surface area contributed by atoms with Gasteiger partial charge in [0.1, 0.15) is 0 Å². The van der Waals surface area contributed by atoms with Gasteiger partial charge in [0.15, 0.2) is 0 Å². The van der Waals surface area contributed by atoms with Gasteiger partial charge in [-0.25, -0.2) is 0 Å². The lowest BCUT2D eigenvalue weighted by Crippen LogP contribution is -2.33. The van der Waals surface area contributed by atoms with Gasteiger partial charge in [0.2, 0.25) is 0 Å². The molecule has 1 aromatic carbocycles. The van der Waals surface area contributed by atoms with Gasteiger partial charge in [-0.05, 0) is 18.4 Å². The van der Waals surface area contributed by atoms with Crippen LogP contribution in [0.5, 0.6) is 0 Å². The SMILES string of the molecule is C=CC[C@@H]1CC=C[C@H](c2ccccc2)N1. The van der Waals surface area contributed by atoms with Gasteiger partial charge in [0.05, 0.1) is 6.04 Å². The molecule has 78 valence electrons. The summed E-state index contributed by atoms with van der Waals surface area (Å²) in [7, 11) is 0. The summed E-state index contributed by atoms with van der Waals surface area (Å²) in [6.07, 6.45) is 8.64. The second-order valence-corrected chi connectivity index (χ2v) is 3.94. The van der Waals surface area contributed by atoms with Crippen LogP contribution < -0.4 is 5.32 Å². The Hall–Kier alpha value is -1.34. The topological polar surface area (TPSA) is 12.0 Å². The number of hydrogen-bond donors (Lipinski definition) is 1. The van der Waals surface area contributed by atoms with Gasteiger partial charge < -0.3 is 5.32 Å². The largest absolute Gasteiger partial charge is 0.303 e. The number of hydrogen-bond acceptors (Lipinski definition) is 1. The maximum Gasteiger partial charge on any atom is 0.0508 e. The van der Waals surface area contributed by atoms with Crippen molar-refractivity contribution in [3.8, 4) is 0 Å². The van der Waals surface area contributed by atoms with Gasteiger partial charge in [-0.1, -0.05) is 48.6 Å². The summed E-state index contributed by atoms with van der Waals surface area (Å²) in [5.74, 6) is 0. The summed E-state index contributed by atoms with van der Waals surface area (Å²) in [6.45, 7) is 3.79. The first-order valence-electron chi connectivity index (χ1n) is 5.48. The molecule has 0 saturated carbocycles. The van der Waals surface area contributed by atoms with E-state index in [0.29, 0.717) is 12.1 Å². The molecule has 0 fully saturated rings. The molecule has 15 heavy (non-hydrogen) atoms. The molecule has 0 amide bonds. The van der Waals surface area contributed by atoms with E-state index in [9.17, 15) is 0 Å². The standard InChI is InChI=1S/C14H17N/c1-2-7-13-10-6-11-14(15-13)12-8-4-3-5-9-12/h2-6,8-9,11,13-15H,1,7,10H2/t13-,14-/m1/s1. The highest BCUT2D eigenvalue weighted by Gasteiger charge is 2.16. The fourth-order valence-electron chi connectivity index (χ4n) is 1.99. The molecule has 1 N–H and O–H groups in total. The summed E-state index contributed by atoms with van der Waals surface area (Å²) in [5, 5.41) is 3.61. The minimum Gasteiger partial charge on any atom is -0.303 e. The van der Waals surface area contributed by atoms with Gasteiger partial charge >= 0.3 is 0 Å². The molecule has 1 nitrogen and oxygen atoms in total. The fraction of sp³-hybridized carbons (Fsp3) is 0.286. The van der Waals surface area contributed by atoms with Gasteiger partial charge in [0.25, 0.3) is 0 Å². The third kappa shape index (κ3) is 2.57. The molecule has 1 aliphatic rings. The second-order valence-electron chi connectivity index (χ2n) is 3.94. The Balaban J connectivity index is 2.08. The van der Waals surface area contributed by atoms with Crippen LogP contribution in [-0.2, 0) is 0 Å². The fourth-order valence-corrected chi connectivity index (χ4v) is 1.99. The smallest absolute Gasteiger partial charge is 0.0508 e. The van der Waals surface area contributed by atoms with Crippen LogP contribution in [0.2, 0.25) is 0 Å². The average molecular weight is 199 g/mol. The normalized spacial score (nSPS) is 25.1. The zero-order valence-corrected chi connectivity index (χ0v) is 8.89. The Kier molecular flexibility index (Phi) is 3.36. The summed E-state index contributed by atoms with van der Waals surface area (Å²) in [6, 6.07) is 11.5. The average Bonchev–Trinajstić information content (AvgIpc) is 2.31. The first-order chi connectivity index (χ1) is 7.40. The van der Waals surface area contributed by atoms with E-state index in [1.54, 1.807) is 0 Å². The Morgan fingerprint density at radius 3 is 2.87 bits per heavy atom. The van der Waals surface area contributed by atoms with Crippen molar-refractivity contribution in [2.75, 3.05) is 0 Å². The molecule has 2 atom stereocenters. The van der Waals surface area contributed by atoms with Crippen molar-refractivity contribution >= 4 is 0 Å². The summed E-state index contributed by atoms with van der Waals surface area (Å²) >= 11 is 0. The monoisotopic (exact) mass is 199 g/mol. The van der Waals surface area contributed by atoms with E-state index in [4.69, 9.17) is 0 Å². The molecular weight excluding hydrogens is 182 g/mol. The highest BCUT2D eigenvalue weighted by Crippen LogP contribution is 2.20. The van der Waals surface area contributed by atoms with Gasteiger partial charge in [-0.15, -0.1) is 6.58 Å². The van der Waals surface area contributed by atoms with E-state index < -0.39 is 0 Å². The van der Waals surface area contributed by atoms with Crippen LogP contribution in [0.15, 0.2) is 55.1 Å². The van der Waals surface area contributed by atoms with Crippen molar-refractivity contribution in [2.45, 2.75) is 24.9 Å². The lowest BCUT2D eigenvalue weighted by molar-refractivity contribution is 0.463. The molecule has 1 aliphatic heterocycles. The Labute approximate surface area is 91.5 Å². The Morgan fingerprint density at radius 1 is 1.33 bits per heavy atom. The van der Waals surface area contributed by atoms with Crippen molar-refractivity contribution in [3.05, 3.63) is 60.7 Å². The third-order valence-electron chi connectivity index (χ3n) is 2.77. The van der Waals surface area contributed by atoms with Crippen LogP contribution >= 0.6 is 0 Å². The maximum atomic E-state index is 3.79. The summed E-state index contributed by atoms with van der Waals surface area (Å²) in [5.41, 5.74) is 1.34. The highest BCUT2D eigenvalue weighted by molar-refractivity contribution is 5.24. The number of nitrogens with one attached hydrogen (secondary N) is 1. The second kappa shape index (κ2) is 4.94. The van der Waals surface area contributed by atoms with Crippen molar-refractivity contribution in [3.63, 3.8) is 0 Å². The van der Waals surface area contributed by atoms with Gasteiger partial charge in [-0.3, -0.25) is 0 Å². The van der Waals surface area contributed by atoms with Crippen LogP contribution in [0.3, 0.4) is 0 Å². The third-order valence-corrected chi connectivity index (χ3v) is 2.77. The first-order valence-corrected chi connectivity index (χ1v) is 5.48. The number of benzene rings is 1. The van der Waals surface area contributed by atoms with Crippen LogP contribution in [-0.4, -0.2) is 6.04 Å². The van der Waals surface area contributed by atoms with E-state index >= 15 is 0 Å². The van der Waals surface area contributed by atoms with Crippen molar-refractivity contribution < 1.29 is 0 Å². The molecule has 0 aliphatic carbocycles. The molecule has 1 aromatic rings. The zero-order chi connectivity index (χ0) is 10.5. The van der Waals surface area contributed by atoms with Crippen LogP contribution in [0, 0.1) is 0 Å². The zero-order valence-electron chi connectivity index (χ0n) is 8.89. The lowest BCUT2D eigenvalue weighted by Gasteiger charge is -2.26. The highest BCUT2D eigenvalue weighted by atomic mass is 15.0. The van der Waals surface area contributed by atoms with Crippen molar-refractivity contribution in [1.29, 1.82) is 0 Å². The van der Waals surface area contributed by atoms with E-state index in [1.165, 1.54) is 5.56 Å². The molecule has 1 heterocycles. The molecule has 0 radical (unpaired) electrons. The van der Waals surface area contributed by atoms with E-state index in [1.807, 2.05) is 6.08 Å². The van der Waals surface area contributed by atoms with E-state index in [0.717, 1.165) is 12.8 Å². The minimum absolute atomic E-state index is 0.366. The summed E-state index contributed by atoms with van der Waals surface area (Å²) in [4.78, 5) is 0. The molecule has 1 heteroatoms.